The Hall–Kier alpha value is -2.05. The van der Waals surface area contributed by atoms with Gasteiger partial charge in [0.25, 0.3) is 0 Å². The van der Waals surface area contributed by atoms with Crippen molar-refractivity contribution in [1.82, 2.24) is 0 Å². The van der Waals surface area contributed by atoms with Gasteiger partial charge in [-0.25, -0.2) is 0 Å². The maximum Gasteiger partial charge on any atom is 0.302 e. The van der Waals surface area contributed by atoms with E-state index >= 15 is 0 Å². The van der Waals surface area contributed by atoms with Crippen molar-refractivity contribution in [2.24, 2.45) is 0 Å². The minimum atomic E-state index is -0.283. The number of carbonyl (C=O) groups is 1. The smallest absolute Gasteiger partial charge is 0.302 e. The third-order valence-electron chi connectivity index (χ3n) is 1.94. The predicted molar refractivity (Wildman–Crippen MR) is 69.9 cm³/mol. The monoisotopic (exact) mass is 244 g/mol. The summed E-state index contributed by atoms with van der Waals surface area (Å²) in [6.45, 7) is 2.51. The summed E-state index contributed by atoms with van der Waals surface area (Å²) in [6.07, 6.45) is 3.54. The first kappa shape index (κ1) is 14.0. The van der Waals surface area contributed by atoms with Gasteiger partial charge in [0.05, 0.1) is 6.61 Å². The number of benzene rings is 1. The van der Waals surface area contributed by atoms with Gasteiger partial charge < -0.3 is 9.47 Å². The lowest BCUT2D eigenvalue weighted by atomic mass is 10.2. The van der Waals surface area contributed by atoms with Gasteiger partial charge in [-0.05, 0) is 18.2 Å². The highest BCUT2D eigenvalue weighted by Gasteiger charge is 1.86. The molecule has 1 rings (SSSR count). The Balaban J connectivity index is 2.09. The Kier molecular flexibility index (Phi) is 7.03. The SMILES string of the molecule is CC(=O)OC/C=C\COCC#Cc1ccccc1. The van der Waals surface area contributed by atoms with Crippen LogP contribution in [0.3, 0.4) is 0 Å². The van der Waals surface area contributed by atoms with Gasteiger partial charge in [-0.3, -0.25) is 4.79 Å². The van der Waals surface area contributed by atoms with E-state index in [1.807, 2.05) is 30.3 Å². The van der Waals surface area contributed by atoms with Crippen molar-refractivity contribution in [3.63, 3.8) is 0 Å². The molecule has 18 heavy (non-hydrogen) atoms. The van der Waals surface area contributed by atoms with Crippen molar-refractivity contribution in [2.45, 2.75) is 6.92 Å². The highest BCUT2D eigenvalue weighted by molar-refractivity contribution is 5.65. The van der Waals surface area contributed by atoms with Crippen LogP contribution in [0.1, 0.15) is 12.5 Å². The maximum absolute atomic E-state index is 10.4. The summed E-state index contributed by atoms with van der Waals surface area (Å²) in [7, 11) is 0. The molecule has 0 bridgehead atoms. The van der Waals surface area contributed by atoms with E-state index < -0.39 is 0 Å². The average Bonchev–Trinajstić information content (AvgIpc) is 2.37. The van der Waals surface area contributed by atoms with Crippen LogP contribution in [0.25, 0.3) is 0 Å². The van der Waals surface area contributed by atoms with Gasteiger partial charge >= 0.3 is 5.97 Å². The molecule has 94 valence electrons. The molecule has 3 heteroatoms. The Morgan fingerprint density at radius 1 is 1.22 bits per heavy atom. The second-order valence-corrected chi connectivity index (χ2v) is 3.46. The molecule has 0 heterocycles. The van der Waals surface area contributed by atoms with E-state index in [2.05, 4.69) is 11.8 Å². The standard InChI is InChI=1S/C15H16O3/c1-14(16)18-13-6-5-11-17-12-7-10-15-8-3-2-4-9-15/h2-6,8-9H,11-13H2,1H3/b6-5-. The zero-order valence-electron chi connectivity index (χ0n) is 10.4. The Morgan fingerprint density at radius 2 is 1.94 bits per heavy atom. The van der Waals surface area contributed by atoms with Crippen molar-refractivity contribution in [1.29, 1.82) is 0 Å². The van der Waals surface area contributed by atoms with Crippen LogP contribution >= 0.6 is 0 Å². The molecule has 0 unspecified atom stereocenters. The van der Waals surface area contributed by atoms with Crippen LogP contribution < -0.4 is 0 Å². The fourth-order valence-corrected chi connectivity index (χ4v) is 1.14. The Labute approximate surface area is 107 Å². The van der Waals surface area contributed by atoms with Crippen LogP contribution in [-0.2, 0) is 14.3 Å². The van der Waals surface area contributed by atoms with Crippen LogP contribution in [0.5, 0.6) is 0 Å². The van der Waals surface area contributed by atoms with E-state index in [-0.39, 0.29) is 12.6 Å². The lowest BCUT2D eigenvalue weighted by molar-refractivity contribution is -0.139. The molecule has 0 aliphatic heterocycles. The van der Waals surface area contributed by atoms with Crippen LogP contribution in [-0.4, -0.2) is 25.8 Å². The third-order valence-corrected chi connectivity index (χ3v) is 1.94. The maximum atomic E-state index is 10.4. The summed E-state index contributed by atoms with van der Waals surface area (Å²) in [5.41, 5.74) is 0.978. The van der Waals surface area contributed by atoms with E-state index in [0.717, 1.165) is 5.56 Å². The molecular formula is C15H16O3. The molecular weight excluding hydrogens is 228 g/mol. The molecule has 1 aromatic carbocycles. The molecule has 0 fully saturated rings. The average molecular weight is 244 g/mol. The van der Waals surface area contributed by atoms with Crippen LogP contribution in [0.15, 0.2) is 42.5 Å². The molecule has 0 aliphatic rings. The fourth-order valence-electron chi connectivity index (χ4n) is 1.14. The van der Waals surface area contributed by atoms with E-state index in [9.17, 15) is 4.79 Å². The van der Waals surface area contributed by atoms with Gasteiger partial charge in [-0.1, -0.05) is 36.1 Å². The highest BCUT2D eigenvalue weighted by Crippen LogP contribution is 1.94. The molecule has 0 saturated heterocycles. The van der Waals surface area contributed by atoms with E-state index in [0.29, 0.717) is 13.2 Å². The first-order valence-electron chi connectivity index (χ1n) is 5.69. The lowest BCUT2D eigenvalue weighted by Gasteiger charge is -1.95. The van der Waals surface area contributed by atoms with Gasteiger partial charge in [0.1, 0.15) is 13.2 Å². The van der Waals surface area contributed by atoms with Crippen molar-refractivity contribution in [3.8, 4) is 11.8 Å². The van der Waals surface area contributed by atoms with E-state index in [1.165, 1.54) is 6.92 Å². The summed E-state index contributed by atoms with van der Waals surface area (Å²) >= 11 is 0. The normalized spacial score (nSPS) is 9.83. The van der Waals surface area contributed by atoms with Crippen molar-refractivity contribution < 1.29 is 14.3 Å². The third kappa shape index (κ3) is 7.26. The topological polar surface area (TPSA) is 35.5 Å². The van der Waals surface area contributed by atoms with E-state index in [4.69, 9.17) is 9.47 Å². The van der Waals surface area contributed by atoms with Gasteiger partial charge in [0.2, 0.25) is 0 Å². The second-order valence-electron chi connectivity index (χ2n) is 3.46. The number of hydrogen-bond acceptors (Lipinski definition) is 3. The second kappa shape index (κ2) is 9.03. The molecule has 1 aromatic rings. The quantitative estimate of drug-likeness (QED) is 0.345. The zero-order valence-corrected chi connectivity index (χ0v) is 10.4. The largest absolute Gasteiger partial charge is 0.462 e. The molecule has 3 nitrogen and oxygen atoms in total. The zero-order chi connectivity index (χ0) is 13.1. The Morgan fingerprint density at radius 3 is 2.67 bits per heavy atom. The number of hydrogen-bond donors (Lipinski definition) is 0. The summed E-state index contributed by atoms with van der Waals surface area (Å²) in [6, 6.07) is 9.75. The molecule has 0 radical (unpaired) electrons. The fraction of sp³-hybridized carbons (Fsp3) is 0.267. The van der Waals surface area contributed by atoms with Crippen LogP contribution in [0.2, 0.25) is 0 Å². The minimum Gasteiger partial charge on any atom is -0.462 e. The van der Waals surface area contributed by atoms with Gasteiger partial charge in [-0.2, -0.15) is 0 Å². The summed E-state index contributed by atoms with van der Waals surface area (Å²) in [5, 5.41) is 0. The predicted octanol–water partition coefficient (Wildman–Crippen LogP) is 2.17. The molecule has 0 aliphatic carbocycles. The molecule has 0 spiro atoms. The van der Waals surface area contributed by atoms with Gasteiger partial charge in [0, 0.05) is 12.5 Å². The first-order valence-corrected chi connectivity index (χ1v) is 5.69. The number of esters is 1. The summed E-state index contributed by atoms with van der Waals surface area (Å²) < 4.78 is 9.98. The molecule has 0 saturated carbocycles. The summed E-state index contributed by atoms with van der Waals surface area (Å²) in [5.74, 6) is 5.63. The van der Waals surface area contributed by atoms with Crippen molar-refractivity contribution >= 4 is 5.97 Å². The van der Waals surface area contributed by atoms with Gasteiger partial charge in [0.15, 0.2) is 0 Å². The summed E-state index contributed by atoms with van der Waals surface area (Å²) in [4.78, 5) is 10.4. The molecule has 0 N–H and O–H groups in total. The van der Waals surface area contributed by atoms with Crippen molar-refractivity contribution in [2.75, 3.05) is 19.8 Å². The van der Waals surface area contributed by atoms with Crippen LogP contribution in [0, 0.1) is 11.8 Å². The number of rotatable bonds is 5. The minimum absolute atomic E-state index is 0.283. The highest BCUT2D eigenvalue weighted by atomic mass is 16.5. The molecule has 0 atom stereocenters. The first-order chi connectivity index (χ1) is 8.79. The number of ether oxygens (including phenoxy) is 2. The lowest BCUT2D eigenvalue weighted by Crippen LogP contribution is -1.98. The van der Waals surface area contributed by atoms with Crippen LogP contribution in [0.4, 0.5) is 0 Å². The van der Waals surface area contributed by atoms with E-state index in [1.54, 1.807) is 12.2 Å². The Bertz CT molecular complexity index is 438. The van der Waals surface area contributed by atoms with Gasteiger partial charge in [-0.15, -0.1) is 0 Å². The molecule has 0 aromatic heterocycles. The molecule has 0 amide bonds. The van der Waals surface area contributed by atoms with Crippen molar-refractivity contribution in [3.05, 3.63) is 48.0 Å². The number of carbonyl (C=O) groups excluding carboxylic acids is 1.